The third-order valence-corrected chi connectivity index (χ3v) is 9.84. The third kappa shape index (κ3) is 7.34. The standard InChI is InChI=1S/C40H45N5O5/c1-39(2,3)50-38(47)44-25-21-40(22-26-44)19-23-43(24-20-40)31-15-10-16-32-35(31)42-37(46)45(32)33-17-18-34(48-27-29-11-6-4-7-12-29)41-36(33)49-28-30-13-8-5-9-14-30/h4-18H,19-28H2,1-3H3,(H,42,46). The molecule has 3 aromatic carbocycles. The molecule has 10 nitrogen and oxygen atoms in total. The van der Waals surface area contributed by atoms with Gasteiger partial charge in [0.2, 0.25) is 11.8 Å². The highest BCUT2D eigenvalue weighted by molar-refractivity contribution is 5.90. The van der Waals surface area contributed by atoms with Crippen LogP contribution in [0.1, 0.15) is 57.6 Å². The molecule has 0 aliphatic carbocycles. The number of para-hydroxylation sites is 1. The SMILES string of the molecule is CC(C)(C)OC(=O)N1CCC2(CC1)CCN(c1cccc3c1[nH]c(=O)n3-c1ccc(OCc3ccccc3)nc1OCc1ccccc1)CC2. The molecule has 2 saturated heterocycles. The lowest BCUT2D eigenvalue weighted by molar-refractivity contribution is 0.00666. The molecule has 1 amide bonds. The summed E-state index contributed by atoms with van der Waals surface area (Å²) in [5.41, 5.74) is 4.55. The van der Waals surface area contributed by atoms with Crippen molar-refractivity contribution in [1.29, 1.82) is 0 Å². The predicted octanol–water partition coefficient (Wildman–Crippen LogP) is 7.49. The number of pyridine rings is 1. The minimum absolute atomic E-state index is 0.212. The number of amides is 1. The van der Waals surface area contributed by atoms with E-state index >= 15 is 0 Å². The number of carbonyl (C=O) groups is 1. The molecule has 0 saturated carbocycles. The van der Waals surface area contributed by atoms with Crippen LogP contribution in [0.2, 0.25) is 0 Å². The van der Waals surface area contributed by atoms with E-state index in [9.17, 15) is 9.59 Å². The number of anilines is 1. The maximum absolute atomic E-state index is 13.7. The Kier molecular flexibility index (Phi) is 9.27. The molecule has 0 radical (unpaired) electrons. The van der Waals surface area contributed by atoms with Gasteiger partial charge in [0.05, 0.1) is 16.7 Å². The van der Waals surface area contributed by atoms with Gasteiger partial charge in [0, 0.05) is 32.2 Å². The number of imidazole rings is 1. The van der Waals surface area contributed by atoms with Crippen LogP contribution in [0, 0.1) is 5.41 Å². The molecule has 0 bridgehead atoms. The molecule has 260 valence electrons. The lowest BCUT2D eigenvalue weighted by atomic mass is 9.71. The number of H-pyrrole nitrogens is 1. The van der Waals surface area contributed by atoms with E-state index in [1.54, 1.807) is 10.6 Å². The van der Waals surface area contributed by atoms with E-state index in [1.807, 2.05) is 105 Å². The van der Waals surface area contributed by atoms with E-state index < -0.39 is 5.60 Å². The number of piperidine rings is 2. The second-order valence-electron chi connectivity index (χ2n) is 14.4. The highest BCUT2D eigenvalue weighted by Gasteiger charge is 2.39. The first-order valence-electron chi connectivity index (χ1n) is 17.5. The van der Waals surface area contributed by atoms with Crippen molar-refractivity contribution in [3.63, 3.8) is 0 Å². The minimum Gasteiger partial charge on any atom is -0.473 e. The van der Waals surface area contributed by atoms with Gasteiger partial charge in [-0.1, -0.05) is 66.7 Å². The summed E-state index contributed by atoms with van der Waals surface area (Å²) in [5, 5.41) is 0. The van der Waals surface area contributed by atoms with Crippen molar-refractivity contribution in [3.8, 4) is 17.4 Å². The van der Waals surface area contributed by atoms with E-state index in [0.29, 0.717) is 24.1 Å². The number of rotatable bonds is 8. The van der Waals surface area contributed by atoms with E-state index in [2.05, 4.69) is 16.0 Å². The van der Waals surface area contributed by atoms with Gasteiger partial charge in [-0.2, -0.15) is 4.98 Å². The Balaban J connectivity index is 1.11. The van der Waals surface area contributed by atoms with Gasteiger partial charge in [-0.25, -0.2) is 9.59 Å². The van der Waals surface area contributed by atoms with E-state index in [0.717, 1.165) is 79.7 Å². The first kappa shape index (κ1) is 33.3. The van der Waals surface area contributed by atoms with Crippen LogP contribution in [0.15, 0.2) is 95.8 Å². The van der Waals surface area contributed by atoms with Crippen molar-refractivity contribution < 1.29 is 19.0 Å². The van der Waals surface area contributed by atoms with Gasteiger partial charge in [-0.05, 0) is 81.2 Å². The van der Waals surface area contributed by atoms with Gasteiger partial charge in [0.25, 0.3) is 0 Å². The Morgan fingerprint density at radius 3 is 2.02 bits per heavy atom. The number of hydrogen-bond acceptors (Lipinski definition) is 7. The number of ether oxygens (including phenoxy) is 3. The average Bonchev–Trinajstić information content (AvgIpc) is 3.46. The highest BCUT2D eigenvalue weighted by atomic mass is 16.6. The third-order valence-electron chi connectivity index (χ3n) is 9.84. The lowest BCUT2D eigenvalue weighted by Crippen LogP contribution is -2.49. The van der Waals surface area contributed by atoms with Crippen LogP contribution in [-0.2, 0) is 18.0 Å². The number of nitrogens with one attached hydrogen (secondary N) is 1. The number of aromatic amines is 1. The van der Waals surface area contributed by atoms with Gasteiger partial charge in [0.15, 0.2) is 0 Å². The molecule has 4 heterocycles. The zero-order chi connectivity index (χ0) is 34.7. The van der Waals surface area contributed by atoms with Crippen LogP contribution in [0.25, 0.3) is 16.7 Å². The summed E-state index contributed by atoms with van der Waals surface area (Å²) in [7, 11) is 0. The van der Waals surface area contributed by atoms with Crippen LogP contribution in [0.5, 0.6) is 11.8 Å². The molecule has 50 heavy (non-hydrogen) atoms. The van der Waals surface area contributed by atoms with Crippen molar-refractivity contribution in [1.82, 2.24) is 19.4 Å². The molecule has 2 aromatic heterocycles. The lowest BCUT2D eigenvalue weighted by Gasteiger charge is -2.47. The fourth-order valence-electron chi connectivity index (χ4n) is 7.06. The maximum Gasteiger partial charge on any atom is 0.410 e. The number of likely N-dealkylation sites (tertiary alicyclic amines) is 1. The average molecular weight is 676 g/mol. The van der Waals surface area contributed by atoms with Gasteiger partial charge in [-0.15, -0.1) is 0 Å². The first-order valence-corrected chi connectivity index (χ1v) is 17.5. The topological polar surface area (TPSA) is 102 Å². The molecule has 7 rings (SSSR count). The van der Waals surface area contributed by atoms with Crippen molar-refractivity contribution in [2.75, 3.05) is 31.1 Å². The van der Waals surface area contributed by atoms with Gasteiger partial charge >= 0.3 is 11.8 Å². The quantitative estimate of drug-likeness (QED) is 0.182. The number of nitrogens with zero attached hydrogens (tertiary/aromatic N) is 4. The maximum atomic E-state index is 13.7. The summed E-state index contributed by atoms with van der Waals surface area (Å²) in [6.07, 6.45) is 3.79. The fourth-order valence-corrected chi connectivity index (χ4v) is 7.06. The summed E-state index contributed by atoms with van der Waals surface area (Å²) in [6, 6.07) is 29.5. The van der Waals surface area contributed by atoms with Crippen molar-refractivity contribution in [2.45, 2.75) is 65.3 Å². The molecule has 10 heteroatoms. The smallest absolute Gasteiger partial charge is 0.410 e. The number of hydrogen-bond donors (Lipinski definition) is 1. The normalized spacial score (nSPS) is 16.1. The van der Waals surface area contributed by atoms with Crippen LogP contribution >= 0.6 is 0 Å². The Labute approximate surface area is 292 Å². The molecule has 2 fully saturated rings. The van der Waals surface area contributed by atoms with Gasteiger partial charge in [-0.3, -0.25) is 4.57 Å². The number of fused-ring (bicyclic) bond motifs is 1. The van der Waals surface area contributed by atoms with E-state index in [4.69, 9.17) is 19.2 Å². The molecular weight excluding hydrogens is 630 g/mol. The van der Waals surface area contributed by atoms with E-state index in [-0.39, 0.29) is 23.8 Å². The van der Waals surface area contributed by atoms with Crippen molar-refractivity contribution in [3.05, 3.63) is 113 Å². The zero-order valence-electron chi connectivity index (χ0n) is 29.1. The summed E-state index contributed by atoms with van der Waals surface area (Å²) >= 11 is 0. The van der Waals surface area contributed by atoms with Crippen LogP contribution in [0.3, 0.4) is 0 Å². The molecule has 1 N–H and O–H groups in total. The Hall–Kier alpha value is -5.25. The molecule has 0 atom stereocenters. The number of benzene rings is 3. The zero-order valence-corrected chi connectivity index (χ0v) is 29.1. The summed E-state index contributed by atoms with van der Waals surface area (Å²) < 4.78 is 19.6. The molecule has 2 aliphatic rings. The van der Waals surface area contributed by atoms with Crippen molar-refractivity contribution >= 4 is 22.8 Å². The first-order chi connectivity index (χ1) is 24.2. The molecule has 2 aliphatic heterocycles. The number of carbonyl (C=O) groups excluding carboxylic acids is 1. The summed E-state index contributed by atoms with van der Waals surface area (Å²) in [5.74, 6) is 0.721. The van der Waals surface area contributed by atoms with Crippen LogP contribution in [-0.4, -0.2) is 57.3 Å². The van der Waals surface area contributed by atoms with Gasteiger partial charge in [0.1, 0.15) is 24.5 Å². The Bertz CT molecular complexity index is 1980. The monoisotopic (exact) mass is 675 g/mol. The fraction of sp³-hybridized carbons (Fsp3) is 0.375. The largest absolute Gasteiger partial charge is 0.473 e. The van der Waals surface area contributed by atoms with Crippen molar-refractivity contribution in [2.24, 2.45) is 5.41 Å². The molecule has 1 spiro atoms. The van der Waals surface area contributed by atoms with E-state index in [1.165, 1.54) is 0 Å². The van der Waals surface area contributed by atoms with Crippen LogP contribution < -0.4 is 20.1 Å². The number of aromatic nitrogens is 3. The Morgan fingerprint density at radius 2 is 1.38 bits per heavy atom. The molecular formula is C40H45N5O5. The predicted molar refractivity (Wildman–Crippen MR) is 194 cm³/mol. The summed E-state index contributed by atoms with van der Waals surface area (Å²) in [4.78, 5) is 38.5. The molecule has 5 aromatic rings. The highest BCUT2D eigenvalue weighted by Crippen LogP contribution is 2.43. The molecule has 0 unspecified atom stereocenters. The minimum atomic E-state index is -0.494. The second-order valence-corrected chi connectivity index (χ2v) is 14.4. The Morgan fingerprint density at radius 1 is 0.760 bits per heavy atom. The van der Waals surface area contributed by atoms with Gasteiger partial charge < -0.3 is 29.0 Å². The second kappa shape index (κ2) is 13.9. The summed E-state index contributed by atoms with van der Waals surface area (Å²) in [6.45, 7) is 9.56. The van der Waals surface area contributed by atoms with Crippen LogP contribution in [0.4, 0.5) is 10.5 Å².